The summed E-state index contributed by atoms with van der Waals surface area (Å²) in [7, 11) is -4.30. The van der Waals surface area contributed by atoms with Gasteiger partial charge in [0.1, 0.15) is 18.1 Å². The summed E-state index contributed by atoms with van der Waals surface area (Å²) in [4.78, 5) is 63.5. The fourth-order valence-electron chi connectivity index (χ4n) is 9.72. The van der Waals surface area contributed by atoms with E-state index in [-0.39, 0.29) is 42.4 Å². The number of hydrogen-bond acceptors (Lipinski definition) is 9. The molecule has 8 rings (SSSR count). The Labute approximate surface area is 349 Å². The standard InChI is InChI=1S/C44H57FN5O7PS/c1-4-17-56-44(54)35(5-2)48-58(55,57-33-9-7-6-8-10-33)40(45)27-11-14-38-30(18-27)22-39(59-38)41(51)47-36-21-29-19-28(29)20-32-12-13-37(50(32)42(36)52)43(53)49-24-31(25-49)34-23-46-16-15-26(34)3/h11,14-16,18,22-23,28-29,31-33,35-37,40H,4-10,12-13,17,19-21,24-25H2,1-3H3,(H,47,51)(H,48,55)/t28-,29+,32-,35+,36+,37+,40?,58?/m1/s1. The van der Waals surface area contributed by atoms with E-state index in [1.54, 1.807) is 42.3 Å². The number of esters is 1. The van der Waals surface area contributed by atoms with Crippen molar-refractivity contribution in [2.24, 2.45) is 11.8 Å². The van der Waals surface area contributed by atoms with E-state index in [4.69, 9.17) is 9.26 Å². The van der Waals surface area contributed by atoms with Crippen molar-refractivity contribution in [2.75, 3.05) is 19.7 Å². The summed E-state index contributed by atoms with van der Waals surface area (Å²) < 4.78 is 43.5. The van der Waals surface area contributed by atoms with Crippen molar-refractivity contribution in [1.82, 2.24) is 25.2 Å². The molecule has 0 bridgehead atoms. The predicted octanol–water partition coefficient (Wildman–Crippen LogP) is 7.95. The normalized spacial score (nSPS) is 26.8. The molecule has 8 atom stereocenters. The van der Waals surface area contributed by atoms with Crippen LogP contribution < -0.4 is 10.4 Å². The number of ether oxygens (including phenoxy) is 1. The number of benzene rings is 1. The second kappa shape index (κ2) is 17.7. The minimum atomic E-state index is -4.30. The Morgan fingerprint density at radius 2 is 1.80 bits per heavy atom. The Hall–Kier alpha value is -3.71. The van der Waals surface area contributed by atoms with Gasteiger partial charge in [0.15, 0.2) is 0 Å². The van der Waals surface area contributed by atoms with E-state index < -0.39 is 49.5 Å². The number of likely N-dealkylation sites (tertiary alicyclic amines) is 1. The first-order valence-corrected chi connectivity index (χ1v) is 24.2. The maximum atomic E-state index is 16.7. The molecule has 59 heavy (non-hydrogen) atoms. The van der Waals surface area contributed by atoms with Crippen LogP contribution in [0, 0.1) is 18.8 Å². The quantitative estimate of drug-likeness (QED) is 0.122. The molecule has 15 heteroatoms. The van der Waals surface area contributed by atoms with Gasteiger partial charge in [0.05, 0.1) is 17.6 Å². The van der Waals surface area contributed by atoms with Crippen molar-refractivity contribution in [1.29, 1.82) is 0 Å². The summed E-state index contributed by atoms with van der Waals surface area (Å²) in [5.74, 6) is -2.24. The summed E-state index contributed by atoms with van der Waals surface area (Å²) in [6.07, 6.45) is 12.1. The topological polar surface area (TPSA) is 147 Å². The van der Waals surface area contributed by atoms with Crippen LogP contribution in [0.25, 0.3) is 10.1 Å². The average molecular weight is 850 g/mol. The highest BCUT2D eigenvalue weighted by Crippen LogP contribution is 2.60. The lowest BCUT2D eigenvalue weighted by molar-refractivity contribution is -0.149. The summed E-state index contributed by atoms with van der Waals surface area (Å²) in [5.41, 5.74) is 2.42. The number of pyridine rings is 1. The van der Waals surface area contributed by atoms with Gasteiger partial charge in [0.25, 0.3) is 5.91 Å². The molecule has 12 nitrogen and oxygen atoms in total. The van der Waals surface area contributed by atoms with Crippen molar-refractivity contribution in [3.8, 4) is 0 Å². The van der Waals surface area contributed by atoms with Gasteiger partial charge < -0.3 is 24.4 Å². The zero-order valence-corrected chi connectivity index (χ0v) is 36.0. The van der Waals surface area contributed by atoms with Crippen LogP contribution in [0.4, 0.5) is 4.39 Å². The number of thiophene rings is 1. The molecule has 2 N–H and O–H groups in total. The van der Waals surface area contributed by atoms with Crippen molar-refractivity contribution < 1.29 is 37.4 Å². The van der Waals surface area contributed by atoms with E-state index in [1.807, 2.05) is 24.1 Å². The summed E-state index contributed by atoms with van der Waals surface area (Å²) in [6.45, 7) is 7.09. The zero-order valence-electron chi connectivity index (χ0n) is 34.3. The molecule has 2 unspecified atom stereocenters. The van der Waals surface area contributed by atoms with Crippen molar-refractivity contribution in [3.05, 3.63) is 64.3 Å². The third-order valence-electron chi connectivity index (χ3n) is 13.2. The van der Waals surface area contributed by atoms with Crippen LogP contribution in [0.15, 0.2) is 42.7 Å². The summed E-state index contributed by atoms with van der Waals surface area (Å²) >= 11 is 1.23. The smallest absolute Gasteiger partial charge is 0.323 e. The van der Waals surface area contributed by atoms with Crippen LogP contribution in [-0.2, 0) is 28.2 Å². The highest BCUT2D eigenvalue weighted by molar-refractivity contribution is 7.57. The SMILES string of the molecule is CCCOC(=O)[C@H](CC)NP(=O)(OC1CCCCC1)C(F)c1ccc2sc(C(=O)N[C@H]3C[C@@H]4C[C@@H]4C[C@H]4CC[C@@H](C(=O)N5CC(c6cnccc6C)C5)N4C3=O)cc2c1. The lowest BCUT2D eigenvalue weighted by atomic mass is 9.89. The largest absolute Gasteiger partial charge is 0.465 e. The van der Waals surface area contributed by atoms with Gasteiger partial charge in [-0.05, 0) is 123 Å². The number of nitrogens with zero attached hydrogens (tertiary/aromatic N) is 3. The van der Waals surface area contributed by atoms with Crippen molar-refractivity contribution in [3.63, 3.8) is 0 Å². The van der Waals surface area contributed by atoms with Crippen LogP contribution in [0.1, 0.15) is 129 Å². The van der Waals surface area contributed by atoms with Crippen molar-refractivity contribution >= 4 is 52.6 Å². The first-order chi connectivity index (χ1) is 28.5. The van der Waals surface area contributed by atoms with Gasteiger partial charge in [-0.25, -0.2) is 9.48 Å². The molecule has 3 aliphatic heterocycles. The molecule has 2 saturated carbocycles. The molecule has 3 aromatic rings. The number of alkyl halides is 1. The van der Waals surface area contributed by atoms with Crippen LogP contribution in [0.2, 0.25) is 0 Å². The number of fused-ring (bicyclic) bond motifs is 3. The number of carbonyl (C=O) groups excluding carboxylic acids is 4. The number of rotatable bonds is 14. The Morgan fingerprint density at radius 3 is 2.54 bits per heavy atom. The number of aromatic nitrogens is 1. The number of halogens is 1. The lowest BCUT2D eigenvalue weighted by Crippen LogP contribution is -2.59. The minimum Gasteiger partial charge on any atom is -0.465 e. The summed E-state index contributed by atoms with van der Waals surface area (Å²) in [6, 6.07) is 6.15. The first kappa shape index (κ1) is 42.0. The second-order valence-electron chi connectivity index (χ2n) is 17.4. The van der Waals surface area contributed by atoms with Crippen molar-refractivity contribution in [2.45, 2.75) is 140 Å². The molecule has 5 heterocycles. The van der Waals surface area contributed by atoms with E-state index in [1.165, 1.54) is 11.3 Å². The third-order valence-corrected chi connectivity index (χ3v) is 16.5. The lowest BCUT2D eigenvalue weighted by Gasteiger charge is -2.43. The number of amides is 3. The highest BCUT2D eigenvalue weighted by atomic mass is 32.1. The van der Waals surface area contributed by atoms with Gasteiger partial charge in [0, 0.05) is 42.1 Å². The molecule has 0 radical (unpaired) electrons. The zero-order chi connectivity index (χ0) is 41.4. The molecule has 2 aliphatic carbocycles. The Balaban J connectivity index is 0.972. The number of hydrogen-bond donors (Lipinski definition) is 2. The number of carbonyl (C=O) groups is 4. The molecular weight excluding hydrogens is 793 g/mol. The number of nitrogens with one attached hydrogen (secondary N) is 2. The average Bonchev–Trinajstić information content (AvgIpc) is 3.57. The molecular formula is C44H57FN5O7PS. The van der Waals surface area contributed by atoms with Crippen LogP contribution in [-0.4, -0.2) is 88.4 Å². The minimum absolute atomic E-state index is 0.0198. The maximum Gasteiger partial charge on any atom is 0.323 e. The monoisotopic (exact) mass is 849 g/mol. The van der Waals surface area contributed by atoms with Gasteiger partial charge in [-0.2, -0.15) is 0 Å². The molecule has 3 saturated heterocycles. The van der Waals surface area contributed by atoms with Crippen LogP contribution in [0.5, 0.6) is 0 Å². The third kappa shape index (κ3) is 8.88. The second-order valence-corrected chi connectivity index (χ2v) is 20.6. The van der Waals surface area contributed by atoms with E-state index in [9.17, 15) is 23.7 Å². The summed E-state index contributed by atoms with van der Waals surface area (Å²) in [5, 5.41) is 6.42. The Morgan fingerprint density at radius 1 is 1.02 bits per heavy atom. The molecule has 2 aromatic heterocycles. The van der Waals surface area contributed by atoms with E-state index in [0.29, 0.717) is 67.3 Å². The van der Waals surface area contributed by atoms with Gasteiger partial charge in [0.2, 0.25) is 17.7 Å². The molecule has 5 fully saturated rings. The van der Waals surface area contributed by atoms with E-state index in [2.05, 4.69) is 22.3 Å². The van der Waals surface area contributed by atoms with Gasteiger partial charge in [-0.1, -0.05) is 39.2 Å². The van der Waals surface area contributed by atoms with E-state index in [0.717, 1.165) is 54.4 Å². The molecule has 0 spiro atoms. The van der Waals surface area contributed by atoms with Gasteiger partial charge >= 0.3 is 13.5 Å². The molecule has 5 aliphatic rings. The van der Waals surface area contributed by atoms with E-state index >= 15 is 4.39 Å². The van der Waals surface area contributed by atoms with Crippen LogP contribution in [0.3, 0.4) is 0 Å². The van der Waals surface area contributed by atoms with Gasteiger partial charge in [-0.15, -0.1) is 11.3 Å². The maximum absolute atomic E-state index is 16.7. The Bertz CT molecular complexity index is 2110. The predicted molar refractivity (Wildman–Crippen MR) is 224 cm³/mol. The molecule has 1 aromatic carbocycles. The molecule has 3 amide bonds. The Kier molecular flexibility index (Phi) is 12.6. The fraction of sp³-hybridized carbons (Fsp3) is 0.614. The first-order valence-electron chi connectivity index (χ1n) is 21.7. The fourth-order valence-corrected chi connectivity index (χ4v) is 12.9. The number of aryl methyl sites for hydroxylation is 1. The van der Waals surface area contributed by atoms with Gasteiger partial charge in [-0.3, -0.25) is 28.7 Å². The molecule has 318 valence electrons. The highest BCUT2D eigenvalue weighted by Gasteiger charge is 2.52. The van der Waals surface area contributed by atoms with Crippen LogP contribution >= 0.6 is 18.9 Å².